The molecule has 0 amide bonds. The monoisotopic (exact) mass is 1210 g/mol. The lowest BCUT2D eigenvalue weighted by Gasteiger charge is -2.38. The average molecular weight is 1220 g/mol. The van der Waals surface area contributed by atoms with Crippen molar-refractivity contribution < 1.29 is 28.5 Å². The second-order valence-corrected chi connectivity index (χ2v) is 20.7. The van der Waals surface area contributed by atoms with Gasteiger partial charge >= 0.3 is 11.9 Å². The van der Waals surface area contributed by atoms with Crippen molar-refractivity contribution in [2.45, 2.75) is 66.9 Å². The number of carbonyl (C=O) groups excluding carboxylic acids is 2. The van der Waals surface area contributed by atoms with Gasteiger partial charge in [0, 0.05) is 128 Å². The molecule has 0 unspecified atom stereocenters. The lowest BCUT2D eigenvalue weighted by Crippen LogP contribution is -2.34. The first-order chi connectivity index (χ1) is 34.3. The van der Waals surface area contributed by atoms with Crippen LogP contribution in [0.3, 0.4) is 0 Å². The summed E-state index contributed by atoms with van der Waals surface area (Å²) in [5, 5.41) is 0. The fourth-order valence-corrected chi connectivity index (χ4v) is 12.7. The standard InChI is InChI=1S/C29H32Br2N2O3.C28H28Br2N2O3/c1-6-32(7-2)24-16-26-20(14-22(24)30)28(18-12-10-11-13-19(18)29(34)35-5)21-15-23(31)25(17-27(21)36-26)33(8-3)9-4;1-5-31(6-2)23-15-25-19(13-21(23)29)28(18-12-10-9-11-17(18)27(33)35-28)20-14-22(30)24(16-26(20)34-25)32(7-3)8-4/h10-17,28H,6-9H2,1-5H3;9-16H,5-8H2,1-4H3. The number of anilines is 4. The Hall–Kier alpha value is -5.02. The van der Waals surface area contributed by atoms with Crippen LogP contribution in [0.2, 0.25) is 0 Å². The van der Waals surface area contributed by atoms with Crippen LogP contribution in [0.25, 0.3) is 0 Å². The van der Waals surface area contributed by atoms with Crippen molar-refractivity contribution in [2.24, 2.45) is 0 Å². The largest absolute Gasteiger partial charge is 0.465 e. The number of esters is 2. The fraction of sp³-hybridized carbons (Fsp3) is 0.333. The van der Waals surface area contributed by atoms with Gasteiger partial charge in [-0.25, -0.2) is 9.59 Å². The first kappa shape index (κ1) is 52.3. The van der Waals surface area contributed by atoms with Crippen molar-refractivity contribution in [3.05, 3.63) is 159 Å². The zero-order valence-corrected chi connectivity index (χ0v) is 48.1. The maximum Gasteiger partial charge on any atom is 0.340 e. The molecule has 14 heteroatoms. The molecular weight excluding hydrogens is 1160 g/mol. The molecule has 6 aromatic rings. The molecule has 0 N–H and O–H groups in total. The van der Waals surface area contributed by atoms with Crippen LogP contribution in [0.15, 0.2) is 115 Å². The Balaban J connectivity index is 0.000000190. The number of carbonyl (C=O) groups is 2. The zero-order valence-electron chi connectivity index (χ0n) is 41.7. The van der Waals surface area contributed by atoms with E-state index in [0.717, 1.165) is 138 Å². The number of benzene rings is 6. The Morgan fingerprint density at radius 1 is 0.507 bits per heavy atom. The number of rotatable bonds is 14. The zero-order chi connectivity index (χ0) is 50.9. The lowest BCUT2D eigenvalue weighted by molar-refractivity contribution is 0.0224. The predicted octanol–water partition coefficient (Wildman–Crippen LogP) is 15.4. The van der Waals surface area contributed by atoms with Crippen molar-refractivity contribution in [2.75, 3.05) is 79.1 Å². The van der Waals surface area contributed by atoms with E-state index in [1.807, 2.05) is 60.7 Å². The van der Waals surface area contributed by atoms with Crippen LogP contribution in [0.5, 0.6) is 23.0 Å². The number of fused-ring (bicyclic) bond motifs is 8. The molecule has 9 rings (SSSR count). The van der Waals surface area contributed by atoms with Gasteiger partial charge in [-0.05, 0) is 161 Å². The normalized spacial score (nSPS) is 13.5. The molecular formula is C57H60Br4N4O6. The summed E-state index contributed by atoms with van der Waals surface area (Å²) in [4.78, 5) is 35.1. The second kappa shape index (κ2) is 22.0. The number of methoxy groups -OCH3 is 1. The third kappa shape index (κ3) is 9.36. The number of hydrogen-bond donors (Lipinski definition) is 0. The molecule has 0 saturated carbocycles. The van der Waals surface area contributed by atoms with E-state index in [2.05, 4.69) is 175 Å². The quantitative estimate of drug-likeness (QED) is 0.0982. The number of halogens is 4. The van der Waals surface area contributed by atoms with Crippen molar-refractivity contribution >= 4 is 98.4 Å². The van der Waals surface area contributed by atoms with E-state index < -0.39 is 5.60 Å². The van der Waals surface area contributed by atoms with Gasteiger partial charge in [-0.2, -0.15) is 0 Å². The fourth-order valence-electron chi connectivity index (χ4n) is 10.3. The third-order valence-electron chi connectivity index (χ3n) is 13.9. The second-order valence-electron chi connectivity index (χ2n) is 17.3. The minimum Gasteiger partial charge on any atom is -0.465 e. The lowest BCUT2D eigenvalue weighted by atomic mass is 9.77. The van der Waals surface area contributed by atoms with Gasteiger partial charge in [-0.15, -0.1) is 0 Å². The number of ether oxygens (including phenoxy) is 4. The van der Waals surface area contributed by atoms with E-state index in [-0.39, 0.29) is 17.9 Å². The first-order valence-electron chi connectivity index (χ1n) is 24.5. The molecule has 372 valence electrons. The van der Waals surface area contributed by atoms with Gasteiger partial charge in [-0.3, -0.25) is 0 Å². The summed E-state index contributed by atoms with van der Waals surface area (Å²) in [6.07, 6.45) is 0. The SMILES string of the molecule is CCN(CC)c1cc2c(cc1Br)C(c1ccccc1C(=O)OC)c1cc(Br)c(N(CC)CC)cc1O2.CCN(CC)c1cc2c(cc1Br)C1(OC(=O)c3ccccc31)c1cc(Br)c(N(CC)CC)cc1O2. The van der Waals surface area contributed by atoms with Crippen LogP contribution >= 0.6 is 63.7 Å². The topological polar surface area (TPSA) is 84.0 Å². The van der Waals surface area contributed by atoms with Crippen LogP contribution in [-0.2, 0) is 15.1 Å². The third-order valence-corrected chi connectivity index (χ3v) is 16.5. The highest BCUT2D eigenvalue weighted by atomic mass is 79.9. The predicted molar refractivity (Wildman–Crippen MR) is 301 cm³/mol. The van der Waals surface area contributed by atoms with Crippen molar-refractivity contribution in [3.63, 3.8) is 0 Å². The molecule has 0 aromatic heterocycles. The molecule has 1 spiro atoms. The Kier molecular flexibility index (Phi) is 16.2. The summed E-state index contributed by atoms with van der Waals surface area (Å²) >= 11 is 15.2. The van der Waals surface area contributed by atoms with Crippen LogP contribution in [0.1, 0.15) is 115 Å². The smallest absolute Gasteiger partial charge is 0.340 e. The number of nitrogens with zero attached hydrogens (tertiary/aromatic N) is 4. The minimum absolute atomic E-state index is 0.205. The molecule has 3 aliphatic rings. The number of hydrogen-bond acceptors (Lipinski definition) is 10. The minimum atomic E-state index is -1.09. The van der Waals surface area contributed by atoms with Gasteiger partial charge in [-0.1, -0.05) is 36.4 Å². The van der Waals surface area contributed by atoms with E-state index in [1.54, 1.807) is 0 Å². The van der Waals surface area contributed by atoms with E-state index in [1.165, 1.54) is 7.11 Å². The summed E-state index contributed by atoms with van der Waals surface area (Å²) in [7, 11) is 1.42. The molecule has 71 heavy (non-hydrogen) atoms. The molecule has 0 atom stereocenters. The van der Waals surface area contributed by atoms with Gasteiger partial charge in [0.1, 0.15) is 23.0 Å². The molecule has 3 heterocycles. The van der Waals surface area contributed by atoms with E-state index in [9.17, 15) is 9.59 Å². The molecule has 0 saturated heterocycles. The molecule has 0 aliphatic carbocycles. The summed E-state index contributed by atoms with van der Waals surface area (Å²) in [5.74, 6) is 2.10. The van der Waals surface area contributed by atoms with Crippen LogP contribution in [0.4, 0.5) is 22.7 Å². The summed E-state index contributed by atoms with van der Waals surface area (Å²) < 4.78 is 28.6. The molecule has 3 aliphatic heterocycles. The maximum absolute atomic E-state index is 13.2. The highest BCUT2D eigenvalue weighted by Gasteiger charge is 2.54. The highest BCUT2D eigenvalue weighted by Crippen LogP contribution is 2.59. The first-order valence-corrected chi connectivity index (χ1v) is 27.6. The summed E-state index contributed by atoms with van der Waals surface area (Å²) in [5.41, 5.74) is 9.67. The Labute approximate surface area is 452 Å². The van der Waals surface area contributed by atoms with Gasteiger partial charge in [0.15, 0.2) is 5.60 Å². The van der Waals surface area contributed by atoms with Gasteiger partial charge < -0.3 is 38.5 Å². The van der Waals surface area contributed by atoms with Crippen molar-refractivity contribution in [1.29, 1.82) is 0 Å². The van der Waals surface area contributed by atoms with Crippen LogP contribution < -0.4 is 29.1 Å². The van der Waals surface area contributed by atoms with Crippen LogP contribution in [-0.4, -0.2) is 71.4 Å². The summed E-state index contributed by atoms with van der Waals surface area (Å²) in [6, 6.07) is 32.0. The van der Waals surface area contributed by atoms with E-state index >= 15 is 0 Å². The van der Waals surface area contributed by atoms with Crippen molar-refractivity contribution in [1.82, 2.24) is 0 Å². The maximum atomic E-state index is 13.2. The van der Waals surface area contributed by atoms with Gasteiger partial charge in [0.05, 0.1) is 41.0 Å². The van der Waals surface area contributed by atoms with Gasteiger partial charge in [0.2, 0.25) is 0 Å². The Morgan fingerprint density at radius 3 is 1.32 bits per heavy atom. The van der Waals surface area contributed by atoms with E-state index in [0.29, 0.717) is 22.6 Å². The highest BCUT2D eigenvalue weighted by molar-refractivity contribution is 9.11. The molecule has 0 radical (unpaired) electrons. The molecule has 6 aromatic carbocycles. The molecule has 10 nitrogen and oxygen atoms in total. The molecule has 0 fully saturated rings. The van der Waals surface area contributed by atoms with Gasteiger partial charge in [0.25, 0.3) is 0 Å². The molecule has 0 bridgehead atoms. The van der Waals surface area contributed by atoms with E-state index in [4.69, 9.17) is 18.9 Å². The van der Waals surface area contributed by atoms with Crippen molar-refractivity contribution in [3.8, 4) is 23.0 Å². The average Bonchev–Trinajstić information content (AvgIpc) is 3.68. The van der Waals surface area contributed by atoms with Crippen LogP contribution in [0, 0.1) is 0 Å². The Morgan fingerprint density at radius 2 is 0.887 bits per heavy atom. The Bertz CT molecular complexity index is 2850. The summed E-state index contributed by atoms with van der Waals surface area (Å²) in [6.45, 7) is 24.1.